The van der Waals surface area contributed by atoms with E-state index in [0.717, 1.165) is 19.3 Å². The number of carbonyl (C=O) groups is 2. The van der Waals surface area contributed by atoms with Crippen LogP contribution >= 0.6 is 0 Å². The SMILES string of the molecule is O=C(O)C1CCCC1C(=O)N1C2CCC1CC(O)C2. The normalized spacial score (nSPS) is 41.5. The van der Waals surface area contributed by atoms with Crippen molar-refractivity contribution >= 4 is 11.9 Å². The summed E-state index contributed by atoms with van der Waals surface area (Å²) in [6, 6.07) is 0.271. The second-order valence-corrected chi connectivity index (χ2v) is 6.24. The van der Waals surface area contributed by atoms with Crippen LogP contribution in [0.4, 0.5) is 0 Å². The highest BCUT2D eigenvalue weighted by molar-refractivity contribution is 5.86. The number of amides is 1. The Morgan fingerprint density at radius 3 is 2.11 bits per heavy atom. The van der Waals surface area contributed by atoms with Gasteiger partial charge in [0.15, 0.2) is 0 Å². The number of hydrogen-bond donors (Lipinski definition) is 2. The fourth-order valence-electron chi connectivity index (χ4n) is 4.25. The summed E-state index contributed by atoms with van der Waals surface area (Å²) in [7, 11) is 0. The van der Waals surface area contributed by atoms with Crippen LogP contribution in [0.15, 0.2) is 0 Å². The Bertz CT molecular complexity index is 383. The van der Waals surface area contributed by atoms with Crippen molar-refractivity contribution in [2.24, 2.45) is 11.8 Å². The highest BCUT2D eigenvalue weighted by Gasteiger charge is 2.47. The van der Waals surface area contributed by atoms with E-state index in [9.17, 15) is 19.8 Å². The molecule has 106 valence electrons. The molecule has 0 aromatic heterocycles. The van der Waals surface area contributed by atoms with Crippen molar-refractivity contribution in [1.29, 1.82) is 0 Å². The first kappa shape index (κ1) is 12.9. The lowest BCUT2D eigenvalue weighted by Gasteiger charge is -2.39. The molecule has 0 spiro atoms. The van der Waals surface area contributed by atoms with Crippen molar-refractivity contribution in [3.8, 4) is 0 Å². The van der Waals surface area contributed by atoms with E-state index in [4.69, 9.17) is 0 Å². The quantitative estimate of drug-likeness (QED) is 0.782. The molecule has 5 nitrogen and oxygen atoms in total. The molecule has 0 aromatic carbocycles. The summed E-state index contributed by atoms with van der Waals surface area (Å²) in [5.41, 5.74) is 0. The first-order valence-electron chi connectivity index (χ1n) is 7.31. The molecule has 3 rings (SSSR count). The van der Waals surface area contributed by atoms with Crippen molar-refractivity contribution in [3.05, 3.63) is 0 Å². The van der Waals surface area contributed by atoms with Crippen LogP contribution in [0.1, 0.15) is 44.9 Å². The number of hydrogen-bond acceptors (Lipinski definition) is 3. The van der Waals surface area contributed by atoms with E-state index in [2.05, 4.69) is 0 Å². The van der Waals surface area contributed by atoms with Crippen molar-refractivity contribution in [2.75, 3.05) is 0 Å². The first-order chi connectivity index (χ1) is 9.08. The minimum Gasteiger partial charge on any atom is -0.481 e. The van der Waals surface area contributed by atoms with Gasteiger partial charge in [-0.25, -0.2) is 0 Å². The summed E-state index contributed by atoms with van der Waals surface area (Å²) in [6.07, 6.45) is 5.10. The van der Waals surface area contributed by atoms with Crippen LogP contribution < -0.4 is 0 Å². The highest BCUT2D eigenvalue weighted by atomic mass is 16.4. The van der Waals surface area contributed by atoms with Gasteiger partial charge >= 0.3 is 5.97 Å². The predicted molar refractivity (Wildman–Crippen MR) is 67.4 cm³/mol. The summed E-state index contributed by atoms with van der Waals surface area (Å²) >= 11 is 0. The summed E-state index contributed by atoms with van der Waals surface area (Å²) in [5.74, 6) is -1.64. The number of rotatable bonds is 2. The van der Waals surface area contributed by atoms with Gasteiger partial charge < -0.3 is 15.1 Å². The third-order valence-electron chi connectivity index (χ3n) is 5.11. The summed E-state index contributed by atoms with van der Waals surface area (Å²) in [4.78, 5) is 25.8. The number of carbonyl (C=O) groups excluding carboxylic acids is 1. The second kappa shape index (κ2) is 4.78. The fraction of sp³-hybridized carbons (Fsp3) is 0.857. The van der Waals surface area contributed by atoms with E-state index >= 15 is 0 Å². The van der Waals surface area contributed by atoms with E-state index in [0.29, 0.717) is 25.7 Å². The van der Waals surface area contributed by atoms with Crippen molar-refractivity contribution < 1.29 is 19.8 Å². The minimum atomic E-state index is -0.833. The van der Waals surface area contributed by atoms with Crippen LogP contribution in [0.3, 0.4) is 0 Å². The largest absolute Gasteiger partial charge is 0.481 e. The third-order valence-corrected chi connectivity index (χ3v) is 5.11. The van der Waals surface area contributed by atoms with E-state index < -0.39 is 11.9 Å². The van der Waals surface area contributed by atoms with Crippen LogP contribution in [-0.2, 0) is 9.59 Å². The third kappa shape index (κ3) is 2.14. The van der Waals surface area contributed by atoms with Gasteiger partial charge in [0.25, 0.3) is 0 Å². The van der Waals surface area contributed by atoms with Gasteiger partial charge in [0, 0.05) is 12.1 Å². The van der Waals surface area contributed by atoms with E-state index in [1.54, 1.807) is 0 Å². The van der Waals surface area contributed by atoms with Gasteiger partial charge in [-0.05, 0) is 38.5 Å². The molecule has 2 bridgehead atoms. The van der Waals surface area contributed by atoms with Crippen molar-refractivity contribution in [1.82, 2.24) is 4.90 Å². The molecule has 5 heteroatoms. The van der Waals surface area contributed by atoms with Gasteiger partial charge in [-0.3, -0.25) is 9.59 Å². The number of carboxylic acids is 1. The predicted octanol–water partition coefficient (Wildman–Crippen LogP) is 1.00. The Morgan fingerprint density at radius 1 is 0.947 bits per heavy atom. The van der Waals surface area contributed by atoms with Crippen LogP contribution in [0.5, 0.6) is 0 Å². The maximum atomic E-state index is 12.7. The summed E-state index contributed by atoms with van der Waals surface area (Å²) in [6.45, 7) is 0. The summed E-state index contributed by atoms with van der Waals surface area (Å²) < 4.78 is 0. The first-order valence-corrected chi connectivity index (χ1v) is 7.31. The molecule has 1 aliphatic carbocycles. The van der Waals surface area contributed by atoms with Gasteiger partial charge in [-0.1, -0.05) is 6.42 Å². The molecule has 19 heavy (non-hydrogen) atoms. The lowest BCUT2D eigenvalue weighted by Crippen LogP contribution is -2.51. The van der Waals surface area contributed by atoms with Crippen LogP contribution in [0.25, 0.3) is 0 Å². The molecule has 3 fully saturated rings. The van der Waals surface area contributed by atoms with Gasteiger partial charge in [-0.2, -0.15) is 0 Å². The molecular formula is C14H21NO4. The zero-order chi connectivity index (χ0) is 13.6. The number of nitrogens with zero attached hydrogens (tertiary/aromatic N) is 1. The monoisotopic (exact) mass is 267 g/mol. The van der Waals surface area contributed by atoms with Gasteiger partial charge in [0.1, 0.15) is 0 Å². The molecule has 2 saturated heterocycles. The number of carboxylic acid groups (broad SMARTS) is 1. The maximum Gasteiger partial charge on any atom is 0.307 e. The van der Waals surface area contributed by atoms with E-state index in [-0.39, 0.29) is 30.0 Å². The van der Waals surface area contributed by atoms with Gasteiger partial charge in [0.2, 0.25) is 5.91 Å². The fourth-order valence-corrected chi connectivity index (χ4v) is 4.25. The number of aliphatic carboxylic acids is 1. The zero-order valence-corrected chi connectivity index (χ0v) is 11.0. The molecule has 2 aliphatic heterocycles. The lowest BCUT2D eigenvalue weighted by atomic mass is 9.91. The van der Waals surface area contributed by atoms with E-state index in [1.807, 2.05) is 4.90 Å². The average Bonchev–Trinajstić information content (AvgIpc) is 2.92. The number of piperidine rings is 1. The Morgan fingerprint density at radius 2 is 1.53 bits per heavy atom. The van der Waals surface area contributed by atoms with Crippen molar-refractivity contribution in [2.45, 2.75) is 63.1 Å². The number of aliphatic hydroxyl groups excluding tert-OH is 1. The van der Waals surface area contributed by atoms with Crippen molar-refractivity contribution in [3.63, 3.8) is 0 Å². The maximum absolute atomic E-state index is 12.7. The standard InChI is InChI=1S/C14H21NO4/c16-10-6-8-4-5-9(7-10)15(8)13(17)11-2-1-3-12(11)14(18)19/h8-12,16H,1-7H2,(H,18,19). The molecule has 2 N–H and O–H groups in total. The summed E-state index contributed by atoms with van der Waals surface area (Å²) in [5, 5.41) is 19.0. The van der Waals surface area contributed by atoms with Crippen LogP contribution in [0, 0.1) is 11.8 Å². The van der Waals surface area contributed by atoms with Gasteiger partial charge in [0.05, 0.1) is 17.9 Å². The highest BCUT2D eigenvalue weighted by Crippen LogP contribution is 2.40. The number of fused-ring (bicyclic) bond motifs is 2. The molecule has 1 saturated carbocycles. The molecular weight excluding hydrogens is 246 g/mol. The van der Waals surface area contributed by atoms with Gasteiger partial charge in [-0.15, -0.1) is 0 Å². The lowest BCUT2D eigenvalue weighted by molar-refractivity contribution is -0.152. The smallest absolute Gasteiger partial charge is 0.307 e. The number of aliphatic hydroxyl groups is 1. The Labute approximate surface area is 112 Å². The molecule has 0 aromatic rings. The van der Waals surface area contributed by atoms with E-state index in [1.165, 1.54) is 0 Å². The Hall–Kier alpha value is -1.10. The molecule has 2 heterocycles. The Balaban J connectivity index is 1.76. The minimum absolute atomic E-state index is 0.0318. The van der Waals surface area contributed by atoms with Crippen LogP contribution in [0.2, 0.25) is 0 Å². The second-order valence-electron chi connectivity index (χ2n) is 6.24. The average molecular weight is 267 g/mol. The molecule has 4 unspecified atom stereocenters. The topological polar surface area (TPSA) is 77.8 Å². The Kier molecular flexibility index (Phi) is 3.25. The molecule has 3 aliphatic rings. The molecule has 4 atom stereocenters. The van der Waals surface area contributed by atoms with Crippen LogP contribution in [-0.4, -0.2) is 45.2 Å². The molecule has 1 amide bonds. The molecule has 0 radical (unpaired) electrons. The zero-order valence-electron chi connectivity index (χ0n) is 11.0.